The summed E-state index contributed by atoms with van der Waals surface area (Å²) in [6.45, 7) is 6.70. The summed E-state index contributed by atoms with van der Waals surface area (Å²) >= 11 is 1.98. The summed E-state index contributed by atoms with van der Waals surface area (Å²) < 4.78 is 0. The predicted molar refractivity (Wildman–Crippen MR) is 89.8 cm³/mol. The van der Waals surface area contributed by atoms with Gasteiger partial charge in [0.2, 0.25) is 0 Å². The highest BCUT2D eigenvalue weighted by Crippen LogP contribution is 2.34. The average molecular weight is 306 g/mol. The SMILES string of the molecule is CC(C)(C)c1ccc(CSC2CCC(C(=O)O)CC2)cc1. The van der Waals surface area contributed by atoms with Gasteiger partial charge in [0.05, 0.1) is 5.92 Å². The Morgan fingerprint density at radius 2 is 1.71 bits per heavy atom. The van der Waals surface area contributed by atoms with Gasteiger partial charge in [-0.25, -0.2) is 0 Å². The van der Waals surface area contributed by atoms with Crippen LogP contribution in [0.15, 0.2) is 24.3 Å². The number of carboxylic acid groups (broad SMARTS) is 1. The second-order valence-electron chi connectivity index (χ2n) is 7.07. The lowest BCUT2D eigenvalue weighted by Crippen LogP contribution is -2.22. The summed E-state index contributed by atoms with van der Waals surface area (Å²) in [4.78, 5) is 10.9. The van der Waals surface area contributed by atoms with Gasteiger partial charge in [0.1, 0.15) is 0 Å². The topological polar surface area (TPSA) is 37.3 Å². The Bertz CT molecular complexity index is 465. The zero-order valence-corrected chi connectivity index (χ0v) is 14.1. The van der Waals surface area contributed by atoms with Crippen LogP contribution in [0, 0.1) is 5.92 Å². The third-order valence-corrected chi connectivity index (χ3v) is 5.77. The molecule has 2 rings (SSSR count). The van der Waals surface area contributed by atoms with Crippen molar-refractivity contribution in [1.82, 2.24) is 0 Å². The number of aliphatic carboxylic acids is 1. The molecule has 0 heterocycles. The van der Waals surface area contributed by atoms with Crippen LogP contribution >= 0.6 is 11.8 Å². The Hall–Kier alpha value is -0.960. The molecule has 1 aliphatic carbocycles. The minimum absolute atomic E-state index is 0.104. The van der Waals surface area contributed by atoms with Crippen molar-refractivity contribution in [2.45, 2.75) is 62.9 Å². The Morgan fingerprint density at radius 3 is 2.19 bits per heavy atom. The summed E-state index contributed by atoms with van der Waals surface area (Å²) in [5, 5.41) is 9.64. The van der Waals surface area contributed by atoms with E-state index in [0.29, 0.717) is 5.25 Å². The van der Waals surface area contributed by atoms with Crippen LogP contribution < -0.4 is 0 Å². The van der Waals surface area contributed by atoms with Crippen molar-refractivity contribution < 1.29 is 9.90 Å². The van der Waals surface area contributed by atoms with Crippen LogP contribution in [0.5, 0.6) is 0 Å². The quantitative estimate of drug-likeness (QED) is 0.863. The van der Waals surface area contributed by atoms with Gasteiger partial charge in [-0.15, -0.1) is 0 Å². The molecule has 1 aliphatic rings. The molecule has 21 heavy (non-hydrogen) atoms. The fourth-order valence-corrected chi connectivity index (χ4v) is 4.02. The molecule has 0 radical (unpaired) electrons. The molecule has 116 valence electrons. The van der Waals surface area contributed by atoms with Gasteiger partial charge in [-0.3, -0.25) is 4.79 Å². The fourth-order valence-electron chi connectivity index (χ4n) is 2.79. The highest BCUT2D eigenvalue weighted by atomic mass is 32.2. The Kier molecular flexibility index (Phi) is 5.37. The predicted octanol–water partition coefficient (Wildman–Crippen LogP) is 4.86. The molecule has 1 N–H and O–H groups in total. The molecule has 0 saturated heterocycles. The Morgan fingerprint density at radius 1 is 1.14 bits per heavy atom. The van der Waals surface area contributed by atoms with E-state index in [1.807, 2.05) is 11.8 Å². The van der Waals surface area contributed by atoms with Gasteiger partial charge >= 0.3 is 5.97 Å². The zero-order valence-electron chi connectivity index (χ0n) is 13.3. The highest BCUT2D eigenvalue weighted by molar-refractivity contribution is 7.99. The molecule has 0 unspecified atom stereocenters. The van der Waals surface area contributed by atoms with Crippen LogP contribution in [0.1, 0.15) is 57.6 Å². The van der Waals surface area contributed by atoms with E-state index in [2.05, 4.69) is 45.0 Å². The van der Waals surface area contributed by atoms with Gasteiger partial charge in [0.25, 0.3) is 0 Å². The first-order chi connectivity index (χ1) is 9.86. The first-order valence-corrected chi connectivity index (χ1v) is 8.85. The first kappa shape index (κ1) is 16.4. The van der Waals surface area contributed by atoms with Crippen LogP contribution in [0.25, 0.3) is 0 Å². The van der Waals surface area contributed by atoms with Crippen molar-refractivity contribution in [3.05, 3.63) is 35.4 Å². The number of carboxylic acids is 1. The molecular weight excluding hydrogens is 280 g/mol. The molecule has 0 bridgehead atoms. The maximum atomic E-state index is 10.9. The van der Waals surface area contributed by atoms with E-state index in [4.69, 9.17) is 5.11 Å². The van der Waals surface area contributed by atoms with Crippen molar-refractivity contribution in [2.24, 2.45) is 5.92 Å². The van der Waals surface area contributed by atoms with Gasteiger partial charge in [-0.05, 0) is 42.2 Å². The fraction of sp³-hybridized carbons (Fsp3) is 0.611. The number of hydrogen-bond acceptors (Lipinski definition) is 2. The smallest absolute Gasteiger partial charge is 0.306 e. The van der Waals surface area contributed by atoms with E-state index in [1.54, 1.807) is 0 Å². The van der Waals surface area contributed by atoms with Crippen molar-refractivity contribution in [1.29, 1.82) is 0 Å². The van der Waals surface area contributed by atoms with Crippen LogP contribution in [0.3, 0.4) is 0 Å². The van der Waals surface area contributed by atoms with E-state index in [-0.39, 0.29) is 11.3 Å². The lowest BCUT2D eigenvalue weighted by Gasteiger charge is -2.25. The van der Waals surface area contributed by atoms with Crippen LogP contribution in [0.4, 0.5) is 0 Å². The maximum Gasteiger partial charge on any atom is 0.306 e. The van der Waals surface area contributed by atoms with Gasteiger partial charge in [-0.2, -0.15) is 11.8 Å². The summed E-state index contributed by atoms with van der Waals surface area (Å²) in [6.07, 6.45) is 3.77. The Labute approximate surface area is 132 Å². The molecule has 0 amide bonds. The molecule has 0 atom stereocenters. The Balaban J connectivity index is 1.80. The lowest BCUT2D eigenvalue weighted by atomic mass is 9.87. The molecule has 1 saturated carbocycles. The molecule has 1 aromatic carbocycles. The van der Waals surface area contributed by atoms with Crippen molar-refractivity contribution in [3.63, 3.8) is 0 Å². The summed E-state index contributed by atoms with van der Waals surface area (Å²) in [7, 11) is 0. The van der Waals surface area contributed by atoms with E-state index < -0.39 is 5.97 Å². The molecule has 3 heteroatoms. The minimum atomic E-state index is -0.615. The normalized spacial score (nSPS) is 23.0. The van der Waals surface area contributed by atoms with Crippen LogP contribution in [-0.4, -0.2) is 16.3 Å². The lowest BCUT2D eigenvalue weighted by molar-refractivity contribution is -0.142. The van der Waals surface area contributed by atoms with Crippen LogP contribution in [-0.2, 0) is 16.0 Å². The van der Waals surface area contributed by atoms with E-state index in [9.17, 15) is 4.79 Å². The number of rotatable bonds is 4. The third kappa shape index (κ3) is 4.77. The third-order valence-electron chi connectivity index (χ3n) is 4.33. The average Bonchev–Trinajstić information content (AvgIpc) is 2.45. The number of thioether (sulfide) groups is 1. The molecule has 1 aromatic rings. The van der Waals surface area contributed by atoms with Crippen molar-refractivity contribution in [3.8, 4) is 0 Å². The second kappa shape index (κ2) is 6.87. The monoisotopic (exact) mass is 306 g/mol. The number of carbonyl (C=O) groups is 1. The molecule has 0 spiro atoms. The van der Waals surface area contributed by atoms with Crippen molar-refractivity contribution >= 4 is 17.7 Å². The summed E-state index contributed by atoms with van der Waals surface area (Å²) in [5.74, 6) is 0.316. The van der Waals surface area contributed by atoms with Crippen molar-refractivity contribution in [2.75, 3.05) is 0 Å². The maximum absolute atomic E-state index is 10.9. The van der Waals surface area contributed by atoms with Gasteiger partial charge in [0.15, 0.2) is 0 Å². The first-order valence-electron chi connectivity index (χ1n) is 7.80. The van der Waals surface area contributed by atoms with E-state index >= 15 is 0 Å². The molecule has 0 aromatic heterocycles. The summed E-state index contributed by atoms with van der Waals surface area (Å²) in [5.41, 5.74) is 2.95. The van der Waals surface area contributed by atoms with Gasteiger partial charge in [0, 0.05) is 11.0 Å². The minimum Gasteiger partial charge on any atom is -0.481 e. The summed E-state index contributed by atoms with van der Waals surface area (Å²) in [6, 6.07) is 8.93. The van der Waals surface area contributed by atoms with E-state index in [1.165, 1.54) is 11.1 Å². The van der Waals surface area contributed by atoms with Crippen LogP contribution in [0.2, 0.25) is 0 Å². The molecular formula is C18H26O2S. The number of benzene rings is 1. The van der Waals surface area contributed by atoms with Gasteiger partial charge in [-0.1, -0.05) is 45.0 Å². The highest BCUT2D eigenvalue weighted by Gasteiger charge is 2.25. The largest absolute Gasteiger partial charge is 0.481 e. The second-order valence-corrected chi connectivity index (χ2v) is 8.36. The zero-order chi connectivity index (χ0) is 15.5. The van der Waals surface area contributed by atoms with Gasteiger partial charge < -0.3 is 5.11 Å². The van der Waals surface area contributed by atoms with E-state index in [0.717, 1.165) is 31.4 Å². The molecule has 1 fully saturated rings. The molecule has 2 nitrogen and oxygen atoms in total. The number of hydrogen-bond donors (Lipinski definition) is 1. The molecule has 0 aliphatic heterocycles. The standard InChI is InChI=1S/C18H26O2S/c1-18(2,3)15-8-4-13(5-9-15)12-21-16-10-6-14(7-11-16)17(19)20/h4-5,8-9,14,16H,6-7,10-12H2,1-3H3,(H,19,20).